The highest BCUT2D eigenvalue weighted by Crippen LogP contribution is 2.37. The number of aromatic nitrogens is 2. The van der Waals surface area contributed by atoms with Crippen molar-refractivity contribution in [2.45, 2.75) is 31.8 Å². The number of carbonyl (C=O) groups is 2. The minimum atomic E-state index is -1.66. The Morgan fingerprint density at radius 1 is 1.26 bits per heavy atom. The molecule has 0 spiro atoms. The Balaban J connectivity index is 2.19. The van der Waals surface area contributed by atoms with Crippen LogP contribution in [0.15, 0.2) is 29.1 Å². The fraction of sp³-hybridized carbons (Fsp3) is 0.353. The van der Waals surface area contributed by atoms with E-state index >= 15 is 0 Å². The summed E-state index contributed by atoms with van der Waals surface area (Å²) in [5.41, 5.74) is 0.254. The first-order valence-corrected chi connectivity index (χ1v) is 8.23. The number of fused-ring (bicyclic) bond motifs is 1. The largest absolute Gasteiger partial charge is 0.465 e. The summed E-state index contributed by atoms with van der Waals surface area (Å²) >= 11 is 0. The lowest BCUT2D eigenvalue weighted by atomic mass is 9.83. The Morgan fingerprint density at radius 3 is 2.41 bits per heavy atom. The predicted molar refractivity (Wildman–Crippen MR) is 94.5 cm³/mol. The maximum absolute atomic E-state index is 12.5. The average molecular weight is 374 g/mol. The summed E-state index contributed by atoms with van der Waals surface area (Å²) in [6, 6.07) is 4.03. The van der Waals surface area contributed by atoms with Gasteiger partial charge in [-0.25, -0.2) is 4.79 Å². The SMILES string of the molecule is COC(=O)c1ccc([C@@H]2c3c(n(C(C)C)[nH]c3=O)NC(=O)[C@H]2[N+](=O)[O-])cc1. The van der Waals surface area contributed by atoms with Gasteiger partial charge in [-0.05, 0) is 31.5 Å². The molecule has 10 heteroatoms. The molecular weight excluding hydrogens is 356 g/mol. The number of hydrogen-bond donors (Lipinski definition) is 2. The van der Waals surface area contributed by atoms with Crippen LogP contribution in [0.2, 0.25) is 0 Å². The molecule has 2 N–H and O–H groups in total. The van der Waals surface area contributed by atoms with E-state index < -0.39 is 34.3 Å². The molecule has 3 rings (SSSR count). The Bertz CT molecular complexity index is 972. The van der Waals surface area contributed by atoms with Crippen molar-refractivity contribution in [3.8, 4) is 0 Å². The van der Waals surface area contributed by atoms with E-state index in [1.807, 2.05) is 13.8 Å². The summed E-state index contributed by atoms with van der Waals surface area (Å²) in [5.74, 6) is -2.22. The molecule has 2 atom stereocenters. The van der Waals surface area contributed by atoms with Crippen LogP contribution < -0.4 is 10.9 Å². The zero-order valence-corrected chi connectivity index (χ0v) is 14.9. The van der Waals surface area contributed by atoms with Gasteiger partial charge in [0.2, 0.25) is 0 Å². The van der Waals surface area contributed by atoms with Crippen LogP contribution in [0, 0.1) is 10.1 Å². The van der Waals surface area contributed by atoms with Gasteiger partial charge in [0.15, 0.2) is 0 Å². The zero-order valence-electron chi connectivity index (χ0n) is 14.9. The van der Waals surface area contributed by atoms with Gasteiger partial charge in [-0.2, -0.15) is 0 Å². The van der Waals surface area contributed by atoms with Gasteiger partial charge in [0.1, 0.15) is 5.82 Å². The molecule has 1 aromatic heterocycles. The maximum atomic E-state index is 12.5. The number of amides is 1. The third-order valence-corrected chi connectivity index (χ3v) is 4.53. The van der Waals surface area contributed by atoms with Crippen LogP contribution in [0.1, 0.15) is 47.3 Å². The number of nitrogens with one attached hydrogen (secondary N) is 2. The van der Waals surface area contributed by atoms with Crippen molar-refractivity contribution in [3.63, 3.8) is 0 Å². The summed E-state index contributed by atoms with van der Waals surface area (Å²) in [6.07, 6.45) is 0. The summed E-state index contributed by atoms with van der Waals surface area (Å²) in [6.45, 7) is 3.62. The van der Waals surface area contributed by atoms with E-state index in [1.54, 1.807) is 0 Å². The molecule has 0 unspecified atom stereocenters. The normalized spacial score (nSPS) is 18.7. The number of carbonyl (C=O) groups excluding carboxylic acids is 2. The molecule has 1 amide bonds. The van der Waals surface area contributed by atoms with Crippen LogP contribution in [0.5, 0.6) is 0 Å². The molecule has 0 saturated heterocycles. The van der Waals surface area contributed by atoms with Gasteiger partial charge in [-0.15, -0.1) is 0 Å². The molecule has 2 heterocycles. The fourth-order valence-electron chi connectivity index (χ4n) is 3.28. The van der Waals surface area contributed by atoms with Crippen LogP contribution in [-0.4, -0.2) is 39.7 Å². The zero-order chi connectivity index (χ0) is 19.9. The molecule has 1 aliphatic heterocycles. The topological polar surface area (TPSA) is 136 Å². The van der Waals surface area contributed by atoms with Crippen molar-refractivity contribution in [3.05, 3.63) is 61.4 Å². The Hall–Kier alpha value is -3.43. The van der Waals surface area contributed by atoms with Crippen molar-refractivity contribution >= 4 is 17.7 Å². The number of esters is 1. The van der Waals surface area contributed by atoms with Crippen molar-refractivity contribution < 1.29 is 19.2 Å². The van der Waals surface area contributed by atoms with Crippen molar-refractivity contribution in [2.24, 2.45) is 0 Å². The predicted octanol–water partition coefficient (Wildman–Crippen LogP) is 1.27. The molecule has 10 nitrogen and oxygen atoms in total. The molecule has 142 valence electrons. The van der Waals surface area contributed by atoms with Crippen LogP contribution in [-0.2, 0) is 9.53 Å². The van der Waals surface area contributed by atoms with Gasteiger partial charge in [-0.3, -0.25) is 29.5 Å². The molecule has 0 aliphatic carbocycles. The van der Waals surface area contributed by atoms with Crippen molar-refractivity contribution in [1.29, 1.82) is 0 Å². The molecule has 0 bridgehead atoms. The third-order valence-electron chi connectivity index (χ3n) is 4.53. The van der Waals surface area contributed by atoms with Gasteiger partial charge in [0.05, 0.1) is 24.2 Å². The van der Waals surface area contributed by atoms with E-state index in [4.69, 9.17) is 0 Å². The lowest BCUT2D eigenvalue weighted by Crippen LogP contribution is -2.45. The van der Waals surface area contributed by atoms with Gasteiger partial charge in [0, 0.05) is 11.0 Å². The first kappa shape index (κ1) is 18.4. The standard InChI is InChI=1S/C17H18N4O6/c1-8(2)20-14-12(15(22)19-20)11(13(21(25)26)16(23)18-14)9-4-6-10(7-5-9)17(24)27-3/h4-8,11,13H,1-3H3,(H,18,23)(H,19,22)/t11-,13+/m1/s1. The van der Waals surface area contributed by atoms with Gasteiger partial charge >= 0.3 is 17.9 Å². The fourth-order valence-corrected chi connectivity index (χ4v) is 3.28. The lowest BCUT2D eigenvalue weighted by molar-refractivity contribution is -0.509. The highest BCUT2D eigenvalue weighted by atomic mass is 16.6. The number of ether oxygens (including phenoxy) is 1. The Labute approximate surface area is 153 Å². The first-order valence-electron chi connectivity index (χ1n) is 8.23. The monoisotopic (exact) mass is 374 g/mol. The molecular formula is C17H18N4O6. The maximum Gasteiger partial charge on any atom is 0.337 e. The second-order valence-corrected chi connectivity index (χ2v) is 6.48. The van der Waals surface area contributed by atoms with E-state index in [0.717, 1.165) is 0 Å². The Morgan fingerprint density at radius 2 is 1.89 bits per heavy atom. The van der Waals surface area contributed by atoms with E-state index in [2.05, 4.69) is 15.2 Å². The number of hydrogen-bond acceptors (Lipinski definition) is 6. The van der Waals surface area contributed by atoms with Gasteiger partial charge in [0.25, 0.3) is 5.56 Å². The molecule has 1 aliphatic rings. The van der Waals surface area contributed by atoms with Crippen molar-refractivity contribution in [1.82, 2.24) is 9.78 Å². The number of benzene rings is 1. The molecule has 1 aromatic carbocycles. The van der Waals surface area contributed by atoms with Crippen LogP contribution >= 0.6 is 0 Å². The van der Waals surface area contributed by atoms with Crippen LogP contribution in [0.4, 0.5) is 5.82 Å². The van der Waals surface area contributed by atoms with Crippen molar-refractivity contribution in [2.75, 3.05) is 12.4 Å². The number of H-pyrrole nitrogens is 1. The summed E-state index contributed by atoms with van der Waals surface area (Å²) in [5, 5.41) is 16.7. The van der Waals surface area contributed by atoms with Crippen LogP contribution in [0.3, 0.4) is 0 Å². The number of methoxy groups -OCH3 is 1. The molecule has 27 heavy (non-hydrogen) atoms. The minimum absolute atomic E-state index is 0.121. The number of aromatic amines is 1. The van der Waals surface area contributed by atoms with E-state index in [1.165, 1.54) is 36.1 Å². The van der Waals surface area contributed by atoms with E-state index in [0.29, 0.717) is 5.56 Å². The number of nitro groups is 1. The summed E-state index contributed by atoms with van der Waals surface area (Å²) in [7, 11) is 1.24. The highest BCUT2D eigenvalue weighted by Gasteiger charge is 2.48. The molecule has 0 saturated carbocycles. The first-order chi connectivity index (χ1) is 12.8. The summed E-state index contributed by atoms with van der Waals surface area (Å²) < 4.78 is 6.11. The van der Waals surface area contributed by atoms with Gasteiger partial charge < -0.3 is 10.1 Å². The highest BCUT2D eigenvalue weighted by molar-refractivity contribution is 5.98. The number of rotatable bonds is 4. The smallest absolute Gasteiger partial charge is 0.337 e. The third kappa shape index (κ3) is 2.98. The van der Waals surface area contributed by atoms with Gasteiger partial charge in [-0.1, -0.05) is 12.1 Å². The second kappa shape index (κ2) is 6.71. The number of nitrogens with zero attached hydrogens (tertiary/aromatic N) is 2. The number of anilines is 1. The molecule has 0 radical (unpaired) electrons. The average Bonchev–Trinajstić information content (AvgIpc) is 2.96. The lowest BCUT2D eigenvalue weighted by Gasteiger charge is -2.26. The van der Waals surface area contributed by atoms with E-state index in [-0.39, 0.29) is 23.0 Å². The van der Waals surface area contributed by atoms with Crippen LogP contribution in [0.25, 0.3) is 0 Å². The van der Waals surface area contributed by atoms with E-state index in [9.17, 15) is 24.5 Å². The molecule has 0 fully saturated rings. The molecule has 2 aromatic rings. The quantitative estimate of drug-likeness (QED) is 0.470. The summed E-state index contributed by atoms with van der Waals surface area (Å²) in [4.78, 5) is 47.5. The minimum Gasteiger partial charge on any atom is -0.465 e. The Kier molecular flexibility index (Phi) is 4.56. The second-order valence-electron chi connectivity index (χ2n) is 6.48.